The molecule has 0 aliphatic rings. The maximum Gasteiger partial charge on any atom is 0.237 e. The highest BCUT2D eigenvalue weighted by atomic mass is 79.9. The topological polar surface area (TPSA) is 87.7 Å². The van der Waals surface area contributed by atoms with Crippen LogP contribution in [-0.4, -0.2) is 17.0 Å². The van der Waals surface area contributed by atoms with E-state index in [4.69, 9.17) is 10.9 Å². The Hall–Kier alpha value is -1.63. The van der Waals surface area contributed by atoms with E-state index in [-0.39, 0.29) is 11.5 Å². The van der Waals surface area contributed by atoms with Gasteiger partial charge in [0.1, 0.15) is 11.2 Å². The molecule has 1 amide bonds. The Morgan fingerprint density at radius 3 is 2.67 bits per heavy atom. The van der Waals surface area contributed by atoms with Gasteiger partial charge in [-0.1, -0.05) is 21.1 Å². The van der Waals surface area contributed by atoms with Gasteiger partial charge in [0.05, 0.1) is 5.69 Å². The number of hydrogen-bond acceptors (Lipinski definition) is 3. The maximum absolute atomic E-state index is 13.5. The molecule has 98 valence electrons. The molecule has 0 saturated carbocycles. The molecule has 0 saturated heterocycles. The van der Waals surface area contributed by atoms with Crippen molar-refractivity contribution in [3.63, 3.8) is 0 Å². The van der Waals surface area contributed by atoms with E-state index in [1.54, 1.807) is 6.07 Å². The Balaban J connectivity index is 2.95. The van der Waals surface area contributed by atoms with Crippen LogP contribution < -0.4 is 11.1 Å². The van der Waals surface area contributed by atoms with Crippen molar-refractivity contribution in [2.75, 3.05) is 5.32 Å². The lowest BCUT2D eigenvalue weighted by Crippen LogP contribution is -2.42. The largest absolute Gasteiger partial charge is 0.409 e. The number of nitrogens with two attached hydrogens (primary N) is 1. The van der Waals surface area contributed by atoms with Crippen molar-refractivity contribution in [2.24, 2.45) is 16.3 Å². The molecule has 0 fully saturated rings. The number of carbonyl (C=O) groups is 1. The summed E-state index contributed by atoms with van der Waals surface area (Å²) in [5.41, 5.74) is 4.19. The lowest BCUT2D eigenvalue weighted by atomic mass is 9.91. The highest BCUT2D eigenvalue weighted by Gasteiger charge is 2.33. The van der Waals surface area contributed by atoms with Gasteiger partial charge in [0, 0.05) is 4.47 Å². The maximum atomic E-state index is 13.5. The van der Waals surface area contributed by atoms with Crippen LogP contribution in [0, 0.1) is 11.2 Å². The standard InChI is InChI=1S/C11H13BrFN3O2/c1-11(2,9(14)16-18)10(17)15-8-4-3-6(12)5-7(8)13/h3-5,18H,1-2H3,(H2,14,16)(H,15,17). The van der Waals surface area contributed by atoms with E-state index in [1.165, 1.54) is 26.0 Å². The van der Waals surface area contributed by atoms with E-state index in [0.717, 1.165) is 0 Å². The predicted octanol–water partition coefficient (Wildman–Crippen LogP) is 2.30. The molecule has 18 heavy (non-hydrogen) atoms. The molecular formula is C11H13BrFN3O2. The number of nitrogens with zero attached hydrogens (tertiary/aromatic N) is 1. The Morgan fingerprint density at radius 2 is 2.17 bits per heavy atom. The Labute approximate surface area is 112 Å². The minimum absolute atomic E-state index is 0.0296. The van der Waals surface area contributed by atoms with Crippen LogP contribution >= 0.6 is 15.9 Å². The van der Waals surface area contributed by atoms with Gasteiger partial charge in [-0.3, -0.25) is 4.79 Å². The molecule has 0 aliphatic carbocycles. The zero-order valence-electron chi connectivity index (χ0n) is 9.87. The quantitative estimate of drug-likeness (QED) is 0.346. The number of nitrogens with one attached hydrogen (secondary N) is 1. The summed E-state index contributed by atoms with van der Waals surface area (Å²) >= 11 is 3.11. The number of amidine groups is 1. The second-order valence-electron chi connectivity index (χ2n) is 4.19. The number of carbonyl (C=O) groups excluding carboxylic acids is 1. The Bertz CT molecular complexity index is 503. The lowest BCUT2D eigenvalue weighted by Gasteiger charge is -2.21. The minimum Gasteiger partial charge on any atom is -0.409 e. The van der Waals surface area contributed by atoms with E-state index < -0.39 is 17.1 Å². The third kappa shape index (κ3) is 2.98. The first-order valence-corrected chi connectivity index (χ1v) is 5.83. The van der Waals surface area contributed by atoms with Crippen LogP contribution in [0.15, 0.2) is 27.8 Å². The first-order valence-electron chi connectivity index (χ1n) is 5.03. The summed E-state index contributed by atoms with van der Waals surface area (Å²) < 4.78 is 14.1. The molecule has 7 heteroatoms. The number of halogens is 2. The Morgan fingerprint density at radius 1 is 1.56 bits per heavy atom. The highest BCUT2D eigenvalue weighted by Crippen LogP contribution is 2.23. The smallest absolute Gasteiger partial charge is 0.237 e. The van der Waals surface area contributed by atoms with Crippen molar-refractivity contribution in [3.8, 4) is 0 Å². The van der Waals surface area contributed by atoms with Gasteiger partial charge in [-0.25, -0.2) is 4.39 Å². The summed E-state index contributed by atoms with van der Waals surface area (Å²) in [5, 5.41) is 13.8. The molecule has 0 atom stereocenters. The number of rotatable bonds is 3. The molecule has 1 aromatic carbocycles. The van der Waals surface area contributed by atoms with Gasteiger partial charge in [0.15, 0.2) is 5.84 Å². The zero-order valence-corrected chi connectivity index (χ0v) is 11.5. The van der Waals surface area contributed by atoms with Crippen molar-refractivity contribution in [3.05, 3.63) is 28.5 Å². The molecule has 0 aromatic heterocycles. The molecule has 0 bridgehead atoms. The molecule has 0 radical (unpaired) electrons. The molecule has 5 nitrogen and oxygen atoms in total. The Kier molecular flexibility index (Phi) is 4.28. The summed E-state index contributed by atoms with van der Waals surface area (Å²) in [7, 11) is 0. The fraction of sp³-hybridized carbons (Fsp3) is 0.273. The third-order valence-corrected chi connectivity index (χ3v) is 2.99. The van der Waals surface area contributed by atoms with E-state index in [9.17, 15) is 9.18 Å². The minimum atomic E-state index is -1.24. The van der Waals surface area contributed by atoms with Gasteiger partial charge in [-0.2, -0.15) is 0 Å². The number of anilines is 1. The van der Waals surface area contributed by atoms with E-state index in [2.05, 4.69) is 26.4 Å². The summed E-state index contributed by atoms with van der Waals surface area (Å²) in [4.78, 5) is 11.9. The van der Waals surface area contributed by atoms with Gasteiger partial charge in [-0.05, 0) is 32.0 Å². The van der Waals surface area contributed by atoms with Gasteiger partial charge in [0.25, 0.3) is 0 Å². The average Bonchev–Trinajstić information content (AvgIpc) is 2.31. The van der Waals surface area contributed by atoms with Crippen molar-refractivity contribution in [2.45, 2.75) is 13.8 Å². The van der Waals surface area contributed by atoms with Gasteiger partial charge in [-0.15, -0.1) is 0 Å². The summed E-state index contributed by atoms with van der Waals surface area (Å²) in [6.45, 7) is 2.93. The monoisotopic (exact) mass is 317 g/mol. The molecule has 0 spiro atoms. The second kappa shape index (κ2) is 5.34. The predicted molar refractivity (Wildman–Crippen MR) is 69.9 cm³/mol. The van der Waals surface area contributed by atoms with Gasteiger partial charge in [0.2, 0.25) is 5.91 Å². The van der Waals surface area contributed by atoms with Crippen molar-refractivity contribution in [1.29, 1.82) is 0 Å². The van der Waals surface area contributed by atoms with E-state index in [1.807, 2.05) is 0 Å². The molecule has 1 aromatic rings. The van der Waals surface area contributed by atoms with Gasteiger partial charge >= 0.3 is 0 Å². The van der Waals surface area contributed by atoms with Crippen LogP contribution in [0.3, 0.4) is 0 Å². The molecule has 0 unspecified atom stereocenters. The van der Waals surface area contributed by atoms with Crippen LogP contribution in [0.25, 0.3) is 0 Å². The molecule has 1 rings (SSSR count). The summed E-state index contributed by atoms with van der Waals surface area (Å²) in [6, 6.07) is 4.24. The molecule has 0 aliphatic heterocycles. The zero-order chi connectivity index (χ0) is 13.9. The van der Waals surface area contributed by atoms with Crippen LogP contribution in [-0.2, 0) is 4.79 Å². The normalized spacial score (nSPS) is 12.3. The van der Waals surface area contributed by atoms with Crippen LogP contribution in [0.2, 0.25) is 0 Å². The van der Waals surface area contributed by atoms with Crippen molar-refractivity contribution >= 4 is 33.4 Å². The van der Waals surface area contributed by atoms with Crippen LogP contribution in [0.5, 0.6) is 0 Å². The first kappa shape index (κ1) is 14.4. The number of benzene rings is 1. The van der Waals surface area contributed by atoms with Crippen molar-refractivity contribution < 1.29 is 14.4 Å². The van der Waals surface area contributed by atoms with E-state index >= 15 is 0 Å². The first-order chi connectivity index (χ1) is 8.28. The average molecular weight is 318 g/mol. The third-order valence-electron chi connectivity index (χ3n) is 2.50. The van der Waals surface area contributed by atoms with Crippen LogP contribution in [0.1, 0.15) is 13.8 Å². The van der Waals surface area contributed by atoms with Crippen molar-refractivity contribution in [1.82, 2.24) is 0 Å². The summed E-state index contributed by atoms with van der Waals surface area (Å²) in [5.74, 6) is -1.40. The molecule has 4 N–H and O–H groups in total. The highest BCUT2D eigenvalue weighted by molar-refractivity contribution is 9.10. The number of hydrogen-bond donors (Lipinski definition) is 3. The summed E-state index contributed by atoms with van der Waals surface area (Å²) in [6.07, 6.45) is 0. The van der Waals surface area contributed by atoms with Gasteiger partial charge < -0.3 is 16.3 Å². The second-order valence-corrected chi connectivity index (χ2v) is 5.10. The SMILES string of the molecule is CC(C)(C(=O)Nc1ccc(Br)cc1F)C(N)=NO. The fourth-order valence-electron chi connectivity index (χ4n) is 1.11. The van der Waals surface area contributed by atoms with Crippen LogP contribution in [0.4, 0.5) is 10.1 Å². The van der Waals surface area contributed by atoms with E-state index in [0.29, 0.717) is 4.47 Å². The molecule has 0 heterocycles. The molecular weight excluding hydrogens is 305 g/mol. The number of amides is 1. The number of oxime groups is 1. The fourth-order valence-corrected chi connectivity index (χ4v) is 1.44. The lowest BCUT2D eigenvalue weighted by molar-refractivity contribution is -0.121.